The molecule has 2 amide bonds. The van der Waals surface area contributed by atoms with Gasteiger partial charge in [-0.1, -0.05) is 18.2 Å². The summed E-state index contributed by atoms with van der Waals surface area (Å²) in [5.41, 5.74) is 1.71. The third kappa shape index (κ3) is 3.59. The molecule has 0 aliphatic carbocycles. The van der Waals surface area contributed by atoms with Gasteiger partial charge in [-0.3, -0.25) is 14.4 Å². The van der Waals surface area contributed by atoms with Gasteiger partial charge in [0.2, 0.25) is 0 Å². The number of ketones is 1. The van der Waals surface area contributed by atoms with Gasteiger partial charge in [0.25, 0.3) is 17.6 Å². The number of rotatable bonds is 4. The van der Waals surface area contributed by atoms with Gasteiger partial charge in [-0.25, -0.2) is 0 Å². The molecule has 0 radical (unpaired) electrons. The summed E-state index contributed by atoms with van der Waals surface area (Å²) in [5, 5.41) is 0.653. The molecule has 0 atom stereocenters. The third-order valence-corrected chi connectivity index (χ3v) is 5.20. The van der Waals surface area contributed by atoms with Crippen LogP contribution in [0.25, 0.3) is 10.9 Å². The van der Waals surface area contributed by atoms with E-state index in [1.165, 1.54) is 4.90 Å². The lowest BCUT2D eigenvalue weighted by atomic mass is 10.1. The van der Waals surface area contributed by atoms with Crippen LogP contribution in [0.5, 0.6) is 5.75 Å². The lowest BCUT2D eigenvalue weighted by molar-refractivity contribution is -0.127. The predicted molar refractivity (Wildman–Crippen MR) is 108 cm³/mol. The van der Waals surface area contributed by atoms with Crippen LogP contribution < -0.4 is 4.74 Å². The molecule has 0 bridgehead atoms. The number of nitrogens with one attached hydrogen (secondary N) is 1. The number of piperazine rings is 1. The van der Waals surface area contributed by atoms with Gasteiger partial charge in [0.1, 0.15) is 5.75 Å². The summed E-state index contributed by atoms with van der Waals surface area (Å²) in [6, 6.07) is 14.4. The molecule has 0 unspecified atom stereocenters. The number of carbonyl (C=O) groups is 3. The first-order chi connectivity index (χ1) is 14.1. The molecule has 2 heterocycles. The first kappa shape index (κ1) is 18.7. The van der Waals surface area contributed by atoms with Gasteiger partial charge in [-0.05, 0) is 30.3 Å². The van der Waals surface area contributed by atoms with E-state index in [9.17, 15) is 14.4 Å². The Morgan fingerprint density at radius 3 is 2.31 bits per heavy atom. The van der Waals surface area contributed by atoms with Crippen molar-refractivity contribution >= 4 is 28.5 Å². The first-order valence-corrected chi connectivity index (χ1v) is 9.41. The number of amides is 2. The van der Waals surface area contributed by atoms with Crippen LogP contribution in [-0.4, -0.2) is 65.7 Å². The number of hydrogen-bond acceptors (Lipinski definition) is 4. The van der Waals surface area contributed by atoms with E-state index in [1.54, 1.807) is 42.5 Å². The number of methoxy groups -OCH3 is 1. The smallest absolute Gasteiger partial charge is 0.295 e. The number of carbonyl (C=O) groups excluding carboxylic acids is 3. The Morgan fingerprint density at radius 1 is 0.931 bits per heavy atom. The first-order valence-electron chi connectivity index (χ1n) is 9.41. The third-order valence-electron chi connectivity index (χ3n) is 5.20. The molecule has 3 aromatic rings. The highest BCUT2D eigenvalue weighted by molar-refractivity contribution is 6.44. The summed E-state index contributed by atoms with van der Waals surface area (Å²) >= 11 is 0. The fraction of sp³-hybridized carbons (Fsp3) is 0.227. The number of ether oxygens (including phenoxy) is 1. The van der Waals surface area contributed by atoms with Crippen LogP contribution in [-0.2, 0) is 4.79 Å². The maximum Gasteiger partial charge on any atom is 0.295 e. The van der Waals surface area contributed by atoms with E-state index in [0.717, 1.165) is 5.52 Å². The molecule has 1 N–H and O–H groups in total. The molecule has 0 spiro atoms. The van der Waals surface area contributed by atoms with Crippen molar-refractivity contribution in [2.45, 2.75) is 0 Å². The van der Waals surface area contributed by atoms with Crippen molar-refractivity contribution in [1.82, 2.24) is 14.8 Å². The average Bonchev–Trinajstić information content (AvgIpc) is 3.21. The Kier molecular flexibility index (Phi) is 5.03. The van der Waals surface area contributed by atoms with E-state index < -0.39 is 11.7 Å². The molecule has 148 valence electrons. The number of benzene rings is 2. The van der Waals surface area contributed by atoms with Crippen LogP contribution in [0, 0.1) is 0 Å². The SMILES string of the molecule is COc1ccc2[nH]cc(C(=O)C(=O)N3CCN(C(=O)c4ccccc4)CC3)c2c1. The van der Waals surface area contributed by atoms with Gasteiger partial charge in [0.05, 0.1) is 12.7 Å². The van der Waals surface area contributed by atoms with Gasteiger partial charge < -0.3 is 19.5 Å². The summed E-state index contributed by atoms with van der Waals surface area (Å²) in [5.74, 6) is -0.563. The Morgan fingerprint density at radius 2 is 1.62 bits per heavy atom. The van der Waals surface area contributed by atoms with Crippen molar-refractivity contribution < 1.29 is 19.1 Å². The number of aromatic amines is 1. The van der Waals surface area contributed by atoms with Gasteiger partial charge in [-0.2, -0.15) is 0 Å². The molecule has 1 aliphatic rings. The highest BCUT2D eigenvalue weighted by atomic mass is 16.5. The molecule has 7 heteroatoms. The quantitative estimate of drug-likeness (QED) is 0.547. The lowest BCUT2D eigenvalue weighted by Gasteiger charge is -2.34. The van der Waals surface area contributed by atoms with Crippen molar-refractivity contribution in [2.75, 3.05) is 33.3 Å². The molecule has 0 saturated carbocycles. The summed E-state index contributed by atoms with van der Waals surface area (Å²) in [4.78, 5) is 44.4. The molecular formula is C22H21N3O4. The van der Waals surface area contributed by atoms with Crippen molar-refractivity contribution in [1.29, 1.82) is 0 Å². The normalized spacial score (nSPS) is 14.1. The fourth-order valence-corrected chi connectivity index (χ4v) is 3.55. The average molecular weight is 391 g/mol. The molecule has 1 saturated heterocycles. The monoisotopic (exact) mass is 391 g/mol. The molecular weight excluding hydrogens is 370 g/mol. The number of hydrogen-bond donors (Lipinski definition) is 1. The predicted octanol–water partition coefficient (Wildman–Crippen LogP) is 2.34. The maximum absolute atomic E-state index is 12.8. The zero-order valence-electron chi connectivity index (χ0n) is 16.1. The van der Waals surface area contributed by atoms with Gasteiger partial charge in [0.15, 0.2) is 0 Å². The number of aromatic nitrogens is 1. The number of fused-ring (bicyclic) bond motifs is 1. The van der Waals surface area contributed by atoms with E-state index in [2.05, 4.69) is 4.98 Å². The van der Waals surface area contributed by atoms with E-state index in [-0.39, 0.29) is 5.91 Å². The van der Waals surface area contributed by atoms with E-state index in [0.29, 0.717) is 48.4 Å². The van der Waals surface area contributed by atoms with Crippen molar-refractivity contribution in [3.05, 3.63) is 65.9 Å². The molecule has 1 aromatic heterocycles. The molecule has 4 rings (SSSR count). The van der Waals surface area contributed by atoms with Crippen LogP contribution in [0.2, 0.25) is 0 Å². The summed E-state index contributed by atoms with van der Waals surface area (Å²) in [6.07, 6.45) is 1.56. The molecule has 2 aromatic carbocycles. The van der Waals surface area contributed by atoms with Gasteiger partial charge in [-0.15, -0.1) is 0 Å². The van der Waals surface area contributed by atoms with Crippen LogP contribution in [0.3, 0.4) is 0 Å². The summed E-state index contributed by atoms with van der Waals surface area (Å²) in [7, 11) is 1.55. The topological polar surface area (TPSA) is 82.7 Å². The number of H-pyrrole nitrogens is 1. The fourth-order valence-electron chi connectivity index (χ4n) is 3.55. The van der Waals surface area contributed by atoms with Crippen LogP contribution in [0.1, 0.15) is 20.7 Å². The van der Waals surface area contributed by atoms with E-state index in [4.69, 9.17) is 4.74 Å². The van der Waals surface area contributed by atoms with Gasteiger partial charge in [0, 0.05) is 48.8 Å². The zero-order chi connectivity index (χ0) is 20.4. The Bertz CT molecular complexity index is 1070. The Hall–Kier alpha value is -3.61. The van der Waals surface area contributed by atoms with Crippen LogP contribution >= 0.6 is 0 Å². The molecule has 1 aliphatic heterocycles. The highest BCUT2D eigenvalue weighted by Crippen LogP contribution is 2.24. The Labute approximate surface area is 167 Å². The minimum atomic E-state index is -0.563. The second-order valence-electron chi connectivity index (χ2n) is 6.89. The van der Waals surface area contributed by atoms with Crippen LogP contribution in [0.4, 0.5) is 0 Å². The van der Waals surface area contributed by atoms with E-state index >= 15 is 0 Å². The van der Waals surface area contributed by atoms with Crippen molar-refractivity contribution in [2.24, 2.45) is 0 Å². The molecule has 1 fully saturated rings. The minimum absolute atomic E-state index is 0.0623. The number of nitrogens with zero attached hydrogens (tertiary/aromatic N) is 2. The zero-order valence-corrected chi connectivity index (χ0v) is 16.1. The summed E-state index contributed by atoms with van der Waals surface area (Å²) in [6.45, 7) is 1.45. The number of Topliss-reactive ketones (excluding diaryl/α,β-unsaturated/α-hetero) is 1. The molecule has 29 heavy (non-hydrogen) atoms. The standard InChI is InChI=1S/C22H21N3O4/c1-29-16-7-8-19-17(13-16)18(14-23-19)20(26)22(28)25-11-9-24(10-12-25)21(27)15-5-3-2-4-6-15/h2-8,13-14,23H,9-12H2,1H3. The van der Waals surface area contributed by atoms with Crippen molar-refractivity contribution in [3.63, 3.8) is 0 Å². The van der Waals surface area contributed by atoms with E-state index in [1.807, 2.05) is 24.3 Å². The maximum atomic E-state index is 12.8. The van der Waals surface area contributed by atoms with Crippen molar-refractivity contribution in [3.8, 4) is 5.75 Å². The minimum Gasteiger partial charge on any atom is -0.497 e. The summed E-state index contributed by atoms with van der Waals surface area (Å²) < 4.78 is 5.22. The lowest BCUT2D eigenvalue weighted by Crippen LogP contribution is -2.52. The second-order valence-corrected chi connectivity index (χ2v) is 6.89. The van der Waals surface area contributed by atoms with Gasteiger partial charge >= 0.3 is 0 Å². The largest absolute Gasteiger partial charge is 0.497 e. The molecule has 7 nitrogen and oxygen atoms in total. The Balaban J connectivity index is 1.45. The highest BCUT2D eigenvalue weighted by Gasteiger charge is 2.30. The second kappa shape index (κ2) is 7.79. The van der Waals surface area contributed by atoms with Crippen LogP contribution in [0.15, 0.2) is 54.7 Å².